The summed E-state index contributed by atoms with van der Waals surface area (Å²) in [6.45, 7) is 14.1. The maximum Gasteiger partial charge on any atom is 0.0383 e. The van der Waals surface area contributed by atoms with Crippen LogP contribution in [0.1, 0.15) is 20.8 Å². The molecular weight excluding hydrogens is 148 g/mol. The quantitative estimate of drug-likeness (QED) is 0.617. The third kappa shape index (κ3) is 2.01. The first-order valence-corrected chi connectivity index (χ1v) is 4.77. The molecule has 1 atom stereocenters. The Bertz CT molecular complexity index is 154. The van der Waals surface area contributed by atoms with Gasteiger partial charge < -0.3 is 4.90 Å². The highest BCUT2D eigenvalue weighted by Crippen LogP contribution is 2.11. The Morgan fingerprint density at radius 3 is 2.50 bits per heavy atom. The molecule has 1 aliphatic heterocycles. The first-order chi connectivity index (χ1) is 5.65. The van der Waals surface area contributed by atoms with Crippen molar-refractivity contribution in [3.63, 3.8) is 0 Å². The Balaban J connectivity index is 2.45. The van der Waals surface area contributed by atoms with Gasteiger partial charge in [0.2, 0.25) is 0 Å². The van der Waals surface area contributed by atoms with E-state index in [1.165, 1.54) is 13.1 Å². The minimum Gasteiger partial charge on any atom is -0.373 e. The largest absolute Gasteiger partial charge is 0.373 e. The van der Waals surface area contributed by atoms with Crippen LogP contribution in [0.4, 0.5) is 0 Å². The van der Waals surface area contributed by atoms with E-state index >= 15 is 0 Å². The molecule has 1 heterocycles. The molecule has 0 aliphatic carbocycles. The lowest BCUT2D eigenvalue weighted by Gasteiger charge is -2.41. The van der Waals surface area contributed by atoms with E-state index in [2.05, 4.69) is 37.1 Å². The second kappa shape index (κ2) is 3.94. The van der Waals surface area contributed by atoms with Crippen LogP contribution in [0.2, 0.25) is 0 Å². The van der Waals surface area contributed by atoms with Gasteiger partial charge in [-0.25, -0.2) is 0 Å². The van der Waals surface area contributed by atoms with Gasteiger partial charge in [-0.3, -0.25) is 4.90 Å². The summed E-state index contributed by atoms with van der Waals surface area (Å²) < 4.78 is 0. The van der Waals surface area contributed by atoms with E-state index in [-0.39, 0.29) is 0 Å². The fourth-order valence-electron chi connectivity index (χ4n) is 1.74. The van der Waals surface area contributed by atoms with E-state index in [4.69, 9.17) is 0 Å². The van der Waals surface area contributed by atoms with Gasteiger partial charge in [0.15, 0.2) is 0 Å². The minimum absolute atomic E-state index is 0.624. The van der Waals surface area contributed by atoms with Crippen molar-refractivity contribution < 1.29 is 0 Å². The summed E-state index contributed by atoms with van der Waals surface area (Å²) in [5, 5.41) is 0. The molecule has 0 aromatic carbocycles. The summed E-state index contributed by atoms with van der Waals surface area (Å²) in [4.78, 5) is 4.84. The summed E-state index contributed by atoms with van der Waals surface area (Å²) >= 11 is 0. The molecule has 0 aromatic heterocycles. The van der Waals surface area contributed by atoms with Crippen LogP contribution in [0, 0.1) is 0 Å². The molecule has 2 heteroatoms. The van der Waals surface area contributed by atoms with E-state index in [0.29, 0.717) is 12.1 Å². The Kier molecular flexibility index (Phi) is 3.15. The molecule has 0 amide bonds. The van der Waals surface area contributed by atoms with E-state index in [1.54, 1.807) is 0 Å². The van der Waals surface area contributed by atoms with Crippen LogP contribution >= 0.6 is 0 Å². The summed E-state index contributed by atoms with van der Waals surface area (Å²) in [5.74, 6) is 0. The molecule has 0 N–H and O–H groups in total. The standard InChI is InChI=1S/C10H20N2/c1-5-11-6-7-12(9(2)3)8-10(11)4/h5,9-10H,1,6-8H2,2-4H3/t10-/m1/s1. The molecular formula is C10H20N2. The smallest absolute Gasteiger partial charge is 0.0383 e. The average Bonchev–Trinajstić information content (AvgIpc) is 2.04. The molecule has 1 rings (SSSR count). The van der Waals surface area contributed by atoms with Crippen molar-refractivity contribution in [3.8, 4) is 0 Å². The predicted molar refractivity (Wildman–Crippen MR) is 53.1 cm³/mol. The average molecular weight is 168 g/mol. The molecule has 1 fully saturated rings. The van der Waals surface area contributed by atoms with E-state index in [9.17, 15) is 0 Å². The van der Waals surface area contributed by atoms with Crippen molar-refractivity contribution in [2.45, 2.75) is 32.9 Å². The normalized spacial score (nSPS) is 26.3. The van der Waals surface area contributed by atoms with E-state index in [1.807, 2.05) is 6.20 Å². The number of rotatable bonds is 2. The number of nitrogens with zero attached hydrogens (tertiary/aromatic N) is 2. The van der Waals surface area contributed by atoms with Gasteiger partial charge in [-0.2, -0.15) is 0 Å². The highest BCUT2D eigenvalue weighted by atomic mass is 15.3. The third-order valence-corrected chi connectivity index (χ3v) is 2.68. The second-order valence-electron chi connectivity index (χ2n) is 3.86. The first kappa shape index (κ1) is 9.59. The van der Waals surface area contributed by atoms with Crippen molar-refractivity contribution in [3.05, 3.63) is 12.8 Å². The van der Waals surface area contributed by atoms with Gasteiger partial charge in [0.1, 0.15) is 0 Å². The molecule has 2 nitrogen and oxygen atoms in total. The van der Waals surface area contributed by atoms with Crippen LogP contribution in [0.15, 0.2) is 12.8 Å². The molecule has 0 saturated carbocycles. The Morgan fingerprint density at radius 1 is 1.42 bits per heavy atom. The van der Waals surface area contributed by atoms with E-state index in [0.717, 1.165) is 6.54 Å². The molecule has 1 saturated heterocycles. The molecule has 0 radical (unpaired) electrons. The lowest BCUT2D eigenvalue weighted by Crippen LogP contribution is -2.51. The second-order valence-corrected chi connectivity index (χ2v) is 3.86. The number of piperazine rings is 1. The zero-order chi connectivity index (χ0) is 9.14. The van der Waals surface area contributed by atoms with Gasteiger partial charge in [-0.05, 0) is 27.0 Å². The maximum atomic E-state index is 3.81. The van der Waals surface area contributed by atoms with E-state index < -0.39 is 0 Å². The molecule has 0 unspecified atom stereocenters. The molecule has 70 valence electrons. The summed E-state index contributed by atoms with van der Waals surface area (Å²) in [7, 11) is 0. The molecule has 0 spiro atoms. The zero-order valence-electron chi connectivity index (χ0n) is 8.45. The van der Waals surface area contributed by atoms with Crippen molar-refractivity contribution >= 4 is 0 Å². The van der Waals surface area contributed by atoms with Crippen molar-refractivity contribution in [2.75, 3.05) is 19.6 Å². The molecule has 12 heavy (non-hydrogen) atoms. The first-order valence-electron chi connectivity index (χ1n) is 4.77. The van der Waals surface area contributed by atoms with Gasteiger partial charge in [0.05, 0.1) is 0 Å². The predicted octanol–water partition coefficient (Wildman–Crippen LogP) is 1.54. The lowest BCUT2D eigenvalue weighted by atomic mass is 10.1. The van der Waals surface area contributed by atoms with Gasteiger partial charge in [0.25, 0.3) is 0 Å². The van der Waals surface area contributed by atoms with Gasteiger partial charge in [-0.1, -0.05) is 6.58 Å². The fraction of sp³-hybridized carbons (Fsp3) is 0.800. The molecule has 0 aromatic rings. The summed E-state index contributed by atoms with van der Waals surface area (Å²) in [6.07, 6.45) is 1.96. The Hall–Kier alpha value is -0.500. The van der Waals surface area contributed by atoms with Crippen molar-refractivity contribution in [2.24, 2.45) is 0 Å². The summed E-state index contributed by atoms with van der Waals surface area (Å²) in [6, 6.07) is 1.30. The zero-order valence-corrected chi connectivity index (χ0v) is 8.45. The van der Waals surface area contributed by atoms with Crippen LogP contribution in [0.25, 0.3) is 0 Å². The van der Waals surface area contributed by atoms with Gasteiger partial charge >= 0.3 is 0 Å². The van der Waals surface area contributed by atoms with Crippen LogP contribution in [-0.4, -0.2) is 41.5 Å². The highest BCUT2D eigenvalue weighted by molar-refractivity contribution is 4.85. The van der Waals surface area contributed by atoms with Crippen molar-refractivity contribution in [1.82, 2.24) is 9.80 Å². The Morgan fingerprint density at radius 2 is 2.08 bits per heavy atom. The highest BCUT2D eigenvalue weighted by Gasteiger charge is 2.21. The lowest BCUT2D eigenvalue weighted by molar-refractivity contribution is 0.0967. The van der Waals surface area contributed by atoms with Gasteiger partial charge in [-0.15, -0.1) is 0 Å². The molecule has 0 bridgehead atoms. The minimum atomic E-state index is 0.624. The molecule has 1 aliphatic rings. The van der Waals surface area contributed by atoms with Crippen molar-refractivity contribution in [1.29, 1.82) is 0 Å². The van der Waals surface area contributed by atoms with Crippen LogP contribution in [-0.2, 0) is 0 Å². The van der Waals surface area contributed by atoms with Gasteiger partial charge in [0, 0.05) is 31.7 Å². The van der Waals surface area contributed by atoms with Crippen LogP contribution in [0.5, 0.6) is 0 Å². The Labute approximate surface area is 75.8 Å². The summed E-state index contributed by atoms with van der Waals surface area (Å²) in [5.41, 5.74) is 0. The van der Waals surface area contributed by atoms with Crippen LogP contribution in [0.3, 0.4) is 0 Å². The monoisotopic (exact) mass is 168 g/mol. The number of hydrogen-bond acceptors (Lipinski definition) is 2. The third-order valence-electron chi connectivity index (χ3n) is 2.68. The topological polar surface area (TPSA) is 6.48 Å². The fourth-order valence-corrected chi connectivity index (χ4v) is 1.74. The van der Waals surface area contributed by atoms with Crippen LogP contribution < -0.4 is 0 Å². The SMILES string of the molecule is C=CN1CCN(C(C)C)C[C@H]1C. The number of hydrogen-bond donors (Lipinski definition) is 0. The maximum absolute atomic E-state index is 3.81.